The Hall–Kier alpha value is -2.44. The van der Waals surface area contributed by atoms with Crippen molar-refractivity contribution < 1.29 is 8.78 Å². The molecule has 2 aromatic rings. The summed E-state index contributed by atoms with van der Waals surface area (Å²) in [4.78, 5) is 4.14. The van der Waals surface area contributed by atoms with Crippen molar-refractivity contribution in [2.45, 2.75) is 39.8 Å². The van der Waals surface area contributed by atoms with Gasteiger partial charge in [-0.05, 0) is 51.0 Å². The second-order valence-corrected chi connectivity index (χ2v) is 6.18. The van der Waals surface area contributed by atoms with Crippen molar-refractivity contribution in [3.63, 3.8) is 0 Å². The van der Waals surface area contributed by atoms with E-state index in [-0.39, 0.29) is 18.2 Å². The average molecular weight is 349 g/mol. The molecule has 2 rings (SSSR count). The Morgan fingerprint density at radius 1 is 1.32 bits per heavy atom. The van der Waals surface area contributed by atoms with Gasteiger partial charge in [-0.1, -0.05) is 0 Å². The Labute approximate surface area is 147 Å². The SMILES string of the molecule is CN=C(NCc1cc(F)ccc1F)NC(C)Cc1c(C)nn(C)c1C. The third kappa shape index (κ3) is 4.78. The highest BCUT2D eigenvalue weighted by Crippen LogP contribution is 2.14. The van der Waals surface area contributed by atoms with Crippen LogP contribution in [0.25, 0.3) is 0 Å². The molecule has 1 aromatic heterocycles. The predicted octanol–water partition coefficient (Wildman–Crippen LogP) is 2.61. The standard InChI is InChI=1S/C18H25F2N5/c1-11(8-16-12(2)24-25(5)13(16)3)23-18(21-4)22-10-14-9-15(19)6-7-17(14)20/h6-7,9,11H,8,10H2,1-5H3,(H2,21,22,23). The van der Waals surface area contributed by atoms with Gasteiger partial charge in [0.1, 0.15) is 11.6 Å². The molecule has 136 valence electrons. The molecule has 0 amide bonds. The summed E-state index contributed by atoms with van der Waals surface area (Å²) in [7, 11) is 3.57. The van der Waals surface area contributed by atoms with Gasteiger partial charge in [-0.2, -0.15) is 5.10 Å². The number of aliphatic imine (C=N–C) groups is 1. The molecule has 0 aliphatic carbocycles. The summed E-state index contributed by atoms with van der Waals surface area (Å²) in [6.45, 7) is 6.24. The third-order valence-corrected chi connectivity index (χ3v) is 4.23. The topological polar surface area (TPSA) is 54.2 Å². The minimum atomic E-state index is -0.461. The first kappa shape index (κ1) is 18.9. The van der Waals surface area contributed by atoms with Crippen molar-refractivity contribution in [3.8, 4) is 0 Å². The van der Waals surface area contributed by atoms with Crippen molar-refractivity contribution in [2.75, 3.05) is 7.05 Å². The van der Waals surface area contributed by atoms with E-state index >= 15 is 0 Å². The highest BCUT2D eigenvalue weighted by atomic mass is 19.1. The van der Waals surface area contributed by atoms with Crippen LogP contribution >= 0.6 is 0 Å². The highest BCUT2D eigenvalue weighted by molar-refractivity contribution is 5.79. The normalized spacial score (nSPS) is 13.0. The number of guanidine groups is 1. The van der Waals surface area contributed by atoms with E-state index in [1.165, 1.54) is 11.6 Å². The van der Waals surface area contributed by atoms with Crippen LogP contribution in [0.2, 0.25) is 0 Å². The van der Waals surface area contributed by atoms with E-state index in [9.17, 15) is 8.78 Å². The van der Waals surface area contributed by atoms with Gasteiger partial charge in [0.05, 0.1) is 5.69 Å². The molecule has 0 spiro atoms. The molecule has 2 N–H and O–H groups in total. The van der Waals surface area contributed by atoms with E-state index in [0.29, 0.717) is 5.96 Å². The summed E-state index contributed by atoms with van der Waals surface area (Å²) in [5.41, 5.74) is 3.61. The fourth-order valence-electron chi connectivity index (χ4n) is 2.76. The Balaban J connectivity index is 1.96. The summed E-state index contributed by atoms with van der Waals surface area (Å²) in [5, 5.41) is 10.7. The Bertz CT molecular complexity index is 767. The van der Waals surface area contributed by atoms with Crippen molar-refractivity contribution in [1.29, 1.82) is 0 Å². The fraction of sp³-hybridized carbons (Fsp3) is 0.444. The molecule has 0 saturated heterocycles. The lowest BCUT2D eigenvalue weighted by molar-refractivity contribution is 0.578. The molecule has 1 atom stereocenters. The van der Waals surface area contributed by atoms with Crippen LogP contribution in [0.3, 0.4) is 0 Å². The second-order valence-electron chi connectivity index (χ2n) is 6.18. The van der Waals surface area contributed by atoms with Gasteiger partial charge < -0.3 is 10.6 Å². The first-order chi connectivity index (χ1) is 11.8. The van der Waals surface area contributed by atoms with E-state index in [1.54, 1.807) is 7.05 Å². The maximum atomic E-state index is 13.7. The number of aromatic nitrogens is 2. The molecule has 0 radical (unpaired) electrons. The van der Waals surface area contributed by atoms with Crippen LogP contribution in [-0.4, -0.2) is 28.8 Å². The molecular formula is C18H25F2N5. The first-order valence-corrected chi connectivity index (χ1v) is 8.22. The number of aryl methyl sites for hydroxylation is 2. The number of benzene rings is 1. The van der Waals surface area contributed by atoms with Gasteiger partial charge in [0.25, 0.3) is 0 Å². The molecule has 25 heavy (non-hydrogen) atoms. The van der Waals surface area contributed by atoms with Gasteiger partial charge in [-0.15, -0.1) is 0 Å². The molecular weight excluding hydrogens is 324 g/mol. The van der Waals surface area contributed by atoms with E-state index in [2.05, 4.69) is 20.7 Å². The van der Waals surface area contributed by atoms with Crippen molar-refractivity contribution in [3.05, 3.63) is 52.3 Å². The van der Waals surface area contributed by atoms with Crippen LogP contribution < -0.4 is 10.6 Å². The van der Waals surface area contributed by atoms with E-state index in [4.69, 9.17) is 0 Å². The number of halogens is 2. The van der Waals surface area contributed by atoms with Gasteiger partial charge in [0.2, 0.25) is 0 Å². The van der Waals surface area contributed by atoms with Crippen molar-refractivity contribution in [1.82, 2.24) is 20.4 Å². The molecule has 1 heterocycles. The average Bonchev–Trinajstić information content (AvgIpc) is 2.80. The predicted molar refractivity (Wildman–Crippen MR) is 95.5 cm³/mol. The molecule has 1 unspecified atom stereocenters. The van der Waals surface area contributed by atoms with Crippen molar-refractivity contribution >= 4 is 5.96 Å². The van der Waals surface area contributed by atoms with Gasteiger partial charge in [0, 0.05) is 37.9 Å². The lowest BCUT2D eigenvalue weighted by Crippen LogP contribution is -2.42. The van der Waals surface area contributed by atoms with Gasteiger partial charge in [0.15, 0.2) is 5.96 Å². The molecule has 1 aromatic carbocycles. The van der Waals surface area contributed by atoms with Crippen LogP contribution in [0, 0.1) is 25.5 Å². The summed E-state index contributed by atoms with van der Waals surface area (Å²) >= 11 is 0. The minimum Gasteiger partial charge on any atom is -0.354 e. The van der Waals surface area contributed by atoms with Crippen LogP contribution in [0.15, 0.2) is 23.2 Å². The Morgan fingerprint density at radius 2 is 2.04 bits per heavy atom. The van der Waals surface area contributed by atoms with Gasteiger partial charge in [-0.3, -0.25) is 9.67 Å². The molecule has 5 nitrogen and oxygen atoms in total. The lowest BCUT2D eigenvalue weighted by Gasteiger charge is -2.18. The number of hydrogen-bond acceptors (Lipinski definition) is 2. The summed E-state index contributed by atoms with van der Waals surface area (Å²) in [6, 6.07) is 3.51. The molecule has 0 bridgehead atoms. The summed E-state index contributed by atoms with van der Waals surface area (Å²) < 4.78 is 28.8. The number of rotatable bonds is 5. The molecule has 0 fully saturated rings. The first-order valence-electron chi connectivity index (χ1n) is 8.22. The Morgan fingerprint density at radius 3 is 2.64 bits per heavy atom. The largest absolute Gasteiger partial charge is 0.354 e. The maximum Gasteiger partial charge on any atom is 0.191 e. The highest BCUT2D eigenvalue weighted by Gasteiger charge is 2.14. The van der Waals surface area contributed by atoms with Crippen LogP contribution in [0.5, 0.6) is 0 Å². The zero-order chi connectivity index (χ0) is 18.6. The Kier molecular flexibility index (Phi) is 6.12. The number of nitrogens with zero attached hydrogens (tertiary/aromatic N) is 3. The van der Waals surface area contributed by atoms with E-state index in [1.807, 2.05) is 32.5 Å². The molecule has 0 aliphatic heterocycles. The quantitative estimate of drug-likeness (QED) is 0.644. The monoisotopic (exact) mass is 349 g/mol. The molecule has 0 saturated carbocycles. The molecule has 0 aliphatic rings. The summed E-state index contributed by atoms with van der Waals surface area (Å²) in [6.07, 6.45) is 0.792. The van der Waals surface area contributed by atoms with Gasteiger partial charge >= 0.3 is 0 Å². The molecule has 7 heteroatoms. The van der Waals surface area contributed by atoms with E-state index in [0.717, 1.165) is 29.9 Å². The number of nitrogens with one attached hydrogen (secondary N) is 2. The van der Waals surface area contributed by atoms with Crippen LogP contribution in [0.4, 0.5) is 8.78 Å². The van der Waals surface area contributed by atoms with Crippen LogP contribution in [-0.2, 0) is 20.0 Å². The zero-order valence-corrected chi connectivity index (χ0v) is 15.3. The van der Waals surface area contributed by atoms with Crippen LogP contribution in [0.1, 0.15) is 29.4 Å². The smallest absolute Gasteiger partial charge is 0.191 e. The lowest BCUT2D eigenvalue weighted by atomic mass is 10.1. The van der Waals surface area contributed by atoms with E-state index < -0.39 is 11.6 Å². The fourth-order valence-corrected chi connectivity index (χ4v) is 2.76. The third-order valence-electron chi connectivity index (χ3n) is 4.23. The number of hydrogen-bond donors (Lipinski definition) is 2. The zero-order valence-electron chi connectivity index (χ0n) is 15.3. The van der Waals surface area contributed by atoms with Gasteiger partial charge in [-0.25, -0.2) is 8.78 Å². The maximum absolute atomic E-state index is 13.7. The second kappa shape index (κ2) is 8.09. The minimum absolute atomic E-state index is 0.102. The van der Waals surface area contributed by atoms with Crippen molar-refractivity contribution in [2.24, 2.45) is 12.0 Å². The summed E-state index contributed by atoms with van der Waals surface area (Å²) in [5.74, 6) is -0.369.